The Balaban J connectivity index is 1.96. The van der Waals surface area contributed by atoms with Gasteiger partial charge in [0.1, 0.15) is 0 Å². The number of aryl methyl sites for hydroxylation is 3. The minimum atomic E-state index is -0.326. The van der Waals surface area contributed by atoms with E-state index in [-0.39, 0.29) is 6.10 Å². The lowest BCUT2D eigenvalue weighted by Crippen LogP contribution is -1.97. The molecule has 0 aliphatic carbocycles. The van der Waals surface area contributed by atoms with Gasteiger partial charge in [-0.05, 0) is 43.9 Å². The predicted octanol–water partition coefficient (Wildman–Crippen LogP) is 4.03. The van der Waals surface area contributed by atoms with Crippen LogP contribution in [0.5, 0.6) is 0 Å². The van der Waals surface area contributed by atoms with Gasteiger partial charge in [-0.15, -0.1) is 11.3 Å². The van der Waals surface area contributed by atoms with Crippen LogP contribution in [0.25, 0.3) is 0 Å². The Bertz CT molecular complexity index is 453. The molecule has 1 unspecified atom stereocenters. The van der Waals surface area contributed by atoms with Crippen LogP contribution in [-0.2, 0) is 6.42 Å². The summed E-state index contributed by atoms with van der Waals surface area (Å²) in [5, 5.41) is 10.1. The van der Waals surface area contributed by atoms with Crippen LogP contribution in [0.2, 0.25) is 0 Å². The van der Waals surface area contributed by atoms with E-state index in [1.807, 2.05) is 18.2 Å². The molecule has 0 fully saturated rings. The van der Waals surface area contributed by atoms with Crippen molar-refractivity contribution in [2.75, 3.05) is 0 Å². The molecule has 1 aromatic carbocycles. The van der Waals surface area contributed by atoms with Crippen LogP contribution in [0.15, 0.2) is 36.4 Å². The van der Waals surface area contributed by atoms with E-state index < -0.39 is 0 Å². The highest BCUT2D eigenvalue weighted by molar-refractivity contribution is 7.12. The normalized spacial score (nSPS) is 12.6. The SMILES string of the molecule is Cc1cc(C(O)CCc2ccccc2)sc1C. The second-order valence-electron chi connectivity index (χ2n) is 4.43. The Kier molecular flexibility index (Phi) is 3.97. The lowest BCUT2D eigenvalue weighted by Gasteiger charge is -2.08. The van der Waals surface area contributed by atoms with Gasteiger partial charge in [-0.3, -0.25) is 0 Å². The maximum atomic E-state index is 10.1. The summed E-state index contributed by atoms with van der Waals surface area (Å²) in [5.74, 6) is 0. The number of thiophene rings is 1. The van der Waals surface area contributed by atoms with Crippen molar-refractivity contribution < 1.29 is 5.11 Å². The largest absolute Gasteiger partial charge is 0.388 e. The Morgan fingerprint density at radius 1 is 1.18 bits per heavy atom. The third kappa shape index (κ3) is 3.18. The van der Waals surface area contributed by atoms with Gasteiger partial charge in [0.2, 0.25) is 0 Å². The first-order chi connectivity index (χ1) is 8.16. The van der Waals surface area contributed by atoms with Gasteiger partial charge < -0.3 is 5.11 Å². The number of benzene rings is 1. The fourth-order valence-corrected chi connectivity index (χ4v) is 2.92. The Morgan fingerprint density at radius 3 is 2.47 bits per heavy atom. The van der Waals surface area contributed by atoms with Crippen LogP contribution < -0.4 is 0 Å². The molecule has 1 heterocycles. The predicted molar refractivity (Wildman–Crippen MR) is 73.5 cm³/mol. The minimum absolute atomic E-state index is 0.326. The molecule has 90 valence electrons. The van der Waals surface area contributed by atoms with Crippen LogP contribution in [0.1, 0.15) is 33.4 Å². The average Bonchev–Trinajstić information content (AvgIpc) is 2.68. The van der Waals surface area contributed by atoms with E-state index in [0.717, 1.165) is 17.7 Å². The fourth-order valence-electron chi connectivity index (χ4n) is 1.86. The molecule has 2 heteroatoms. The van der Waals surface area contributed by atoms with Crippen molar-refractivity contribution in [1.82, 2.24) is 0 Å². The Morgan fingerprint density at radius 2 is 1.88 bits per heavy atom. The van der Waals surface area contributed by atoms with Crippen LogP contribution >= 0.6 is 11.3 Å². The molecule has 1 atom stereocenters. The van der Waals surface area contributed by atoms with E-state index in [1.165, 1.54) is 16.0 Å². The summed E-state index contributed by atoms with van der Waals surface area (Å²) in [7, 11) is 0. The van der Waals surface area contributed by atoms with Crippen molar-refractivity contribution in [3.05, 3.63) is 57.3 Å². The quantitative estimate of drug-likeness (QED) is 0.863. The molecule has 0 aliphatic heterocycles. The molecule has 0 aliphatic rings. The summed E-state index contributed by atoms with van der Waals surface area (Å²) >= 11 is 1.71. The third-order valence-corrected chi connectivity index (χ3v) is 4.32. The van der Waals surface area contributed by atoms with Gasteiger partial charge in [0.15, 0.2) is 0 Å². The third-order valence-electron chi connectivity index (χ3n) is 3.06. The fraction of sp³-hybridized carbons (Fsp3) is 0.333. The van der Waals surface area contributed by atoms with Gasteiger partial charge >= 0.3 is 0 Å². The monoisotopic (exact) mass is 246 g/mol. The van der Waals surface area contributed by atoms with Gasteiger partial charge in [-0.2, -0.15) is 0 Å². The summed E-state index contributed by atoms with van der Waals surface area (Å²) in [4.78, 5) is 2.40. The van der Waals surface area contributed by atoms with E-state index in [1.54, 1.807) is 11.3 Å². The molecule has 0 radical (unpaired) electrons. The molecule has 1 N–H and O–H groups in total. The molecule has 0 saturated heterocycles. The number of hydrogen-bond acceptors (Lipinski definition) is 2. The molecule has 0 bridgehead atoms. The summed E-state index contributed by atoms with van der Waals surface area (Å²) in [6, 6.07) is 12.4. The molecule has 2 rings (SSSR count). The number of aliphatic hydroxyl groups excluding tert-OH is 1. The highest BCUT2D eigenvalue weighted by Crippen LogP contribution is 2.28. The van der Waals surface area contributed by atoms with Crippen molar-refractivity contribution in [1.29, 1.82) is 0 Å². The first-order valence-electron chi connectivity index (χ1n) is 5.95. The molecule has 17 heavy (non-hydrogen) atoms. The standard InChI is InChI=1S/C15H18OS/c1-11-10-15(17-12(11)2)14(16)9-8-13-6-4-3-5-7-13/h3-7,10,14,16H,8-9H2,1-2H3. The van der Waals surface area contributed by atoms with E-state index in [9.17, 15) is 5.11 Å². The van der Waals surface area contributed by atoms with Gasteiger partial charge in [0, 0.05) is 9.75 Å². The van der Waals surface area contributed by atoms with Crippen LogP contribution in [-0.4, -0.2) is 5.11 Å². The van der Waals surface area contributed by atoms with Crippen molar-refractivity contribution in [2.45, 2.75) is 32.8 Å². The molecule has 0 saturated carbocycles. The minimum Gasteiger partial charge on any atom is -0.388 e. The van der Waals surface area contributed by atoms with Crippen molar-refractivity contribution in [3.8, 4) is 0 Å². The first kappa shape index (κ1) is 12.3. The zero-order valence-electron chi connectivity index (χ0n) is 10.3. The van der Waals surface area contributed by atoms with E-state index in [2.05, 4.69) is 32.0 Å². The maximum Gasteiger partial charge on any atom is 0.0885 e. The molecule has 0 spiro atoms. The molecule has 2 aromatic rings. The highest BCUT2D eigenvalue weighted by Gasteiger charge is 2.11. The zero-order chi connectivity index (χ0) is 12.3. The Hall–Kier alpha value is -1.12. The van der Waals surface area contributed by atoms with Crippen LogP contribution in [0.3, 0.4) is 0 Å². The molecular formula is C15H18OS. The first-order valence-corrected chi connectivity index (χ1v) is 6.77. The van der Waals surface area contributed by atoms with Gasteiger partial charge in [-0.1, -0.05) is 30.3 Å². The maximum absolute atomic E-state index is 10.1. The number of hydrogen-bond donors (Lipinski definition) is 1. The topological polar surface area (TPSA) is 20.2 Å². The molecule has 1 nitrogen and oxygen atoms in total. The van der Waals surface area contributed by atoms with Crippen LogP contribution in [0, 0.1) is 13.8 Å². The zero-order valence-corrected chi connectivity index (χ0v) is 11.1. The second kappa shape index (κ2) is 5.48. The van der Waals surface area contributed by atoms with Gasteiger partial charge in [0.25, 0.3) is 0 Å². The van der Waals surface area contributed by atoms with Crippen molar-refractivity contribution >= 4 is 11.3 Å². The van der Waals surface area contributed by atoms with Gasteiger partial charge in [0.05, 0.1) is 6.10 Å². The van der Waals surface area contributed by atoms with Crippen molar-refractivity contribution in [3.63, 3.8) is 0 Å². The summed E-state index contributed by atoms with van der Waals surface area (Å²) in [5.41, 5.74) is 2.57. The van der Waals surface area contributed by atoms with Gasteiger partial charge in [-0.25, -0.2) is 0 Å². The van der Waals surface area contributed by atoms with E-state index in [4.69, 9.17) is 0 Å². The van der Waals surface area contributed by atoms with Crippen molar-refractivity contribution in [2.24, 2.45) is 0 Å². The van der Waals surface area contributed by atoms with E-state index >= 15 is 0 Å². The average molecular weight is 246 g/mol. The second-order valence-corrected chi connectivity index (χ2v) is 5.72. The highest BCUT2D eigenvalue weighted by atomic mass is 32.1. The molecule has 0 amide bonds. The lowest BCUT2D eigenvalue weighted by molar-refractivity contribution is 0.171. The number of rotatable bonds is 4. The lowest BCUT2D eigenvalue weighted by atomic mass is 10.1. The smallest absolute Gasteiger partial charge is 0.0885 e. The van der Waals surface area contributed by atoms with Crippen LogP contribution in [0.4, 0.5) is 0 Å². The van der Waals surface area contributed by atoms with E-state index in [0.29, 0.717) is 0 Å². The summed E-state index contributed by atoms with van der Waals surface area (Å²) in [6.45, 7) is 4.20. The molecule has 1 aromatic heterocycles. The summed E-state index contributed by atoms with van der Waals surface area (Å²) in [6.07, 6.45) is 1.40. The molecular weight excluding hydrogens is 228 g/mol. The number of aliphatic hydroxyl groups is 1. The Labute approximate surface area is 107 Å². The summed E-state index contributed by atoms with van der Waals surface area (Å²) < 4.78 is 0.